The highest BCUT2D eigenvalue weighted by Crippen LogP contribution is 2.18. The fourth-order valence-electron chi connectivity index (χ4n) is 2.90. The first-order valence-corrected chi connectivity index (χ1v) is 8.86. The van der Waals surface area contributed by atoms with Crippen LogP contribution >= 0.6 is 0 Å². The number of piperazine rings is 1. The van der Waals surface area contributed by atoms with Gasteiger partial charge in [-0.2, -0.15) is 4.31 Å². The van der Waals surface area contributed by atoms with Gasteiger partial charge in [-0.1, -0.05) is 0 Å². The minimum atomic E-state index is -3.09. The van der Waals surface area contributed by atoms with Crippen LogP contribution in [0.1, 0.15) is 33.6 Å². The van der Waals surface area contributed by atoms with Crippen molar-refractivity contribution in [1.82, 2.24) is 14.5 Å². The van der Waals surface area contributed by atoms with Crippen LogP contribution in [0.5, 0.6) is 0 Å². The number of rotatable bonds is 3. The molecule has 0 bridgehead atoms. The lowest BCUT2D eigenvalue weighted by molar-refractivity contribution is 0.0921. The molecule has 2 aliphatic rings. The zero-order valence-electron chi connectivity index (χ0n) is 12.4. The Morgan fingerprint density at radius 2 is 1.79 bits per heavy atom. The second-order valence-corrected chi connectivity index (χ2v) is 8.64. The summed E-state index contributed by atoms with van der Waals surface area (Å²) >= 11 is 0. The van der Waals surface area contributed by atoms with Crippen molar-refractivity contribution in [2.24, 2.45) is 0 Å². The van der Waals surface area contributed by atoms with E-state index in [-0.39, 0.29) is 17.3 Å². The van der Waals surface area contributed by atoms with E-state index >= 15 is 0 Å². The van der Waals surface area contributed by atoms with Crippen LogP contribution in [0, 0.1) is 0 Å². The molecular formula is C13H27N3O2S. The zero-order valence-corrected chi connectivity index (χ0v) is 13.2. The second kappa shape index (κ2) is 5.68. The number of nitrogens with one attached hydrogen (secondary N) is 1. The van der Waals surface area contributed by atoms with E-state index in [1.165, 1.54) is 0 Å². The van der Waals surface area contributed by atoms with Gasteiger partial charge in [-0.05, 0) is 40.2 Å². The second-order valence-electron chi connectivity index (χ2n) is 6.63. The molecule has 0 radical (unpaired) electrons. The highest BCUT2D eigenvalue weighted by atomic mass is 32.2. The lowest BCUT2D eigenvalue weighted by Crippen LogP contribution is -2.55. The fraction of sp³-hybridized carbons (Fsp3) is 1.00. The Morgan fingerprint density at radius 1 is 1.16 bits per heavy atom. The molecule has 112 valence electrons. The van der Waals surface area contributed by atoms with E-state index in [9.17, 15) is 8.42 Å². The van der Waals surface area contributed by atoms with Gasteiger partial charge in [0.1, 0.15) is 0 Å². The quantitative estimate of drug-likeness (QED) is 0.821. The number of sulfonamides is 1. The molecule has 2 heterocycles. The van der Waals surface area contributed by atoms with Crippen molar-refractivity contribution in [3.63, 3.8) is 0 Å². The molecule has 2 aliphatic heterocycles. The normalized spacial score (nSPS) is 27.8. The summed E-state index contributed by atoms with van der Waals surface area (Å²) < 4.78 is 26.4. The van der Waals surface area contributed by atoms with E-state index in [4.69, 9.17) is 0 Å². The van der Waals surface area contributed by atoms with Crippen LogP contribution in [0.25, 0.3) is 0 Å². The molecule has 1 N–H and O–H groups in total. The summed E-state index contributed by atoms with van der Waals surface area (Å²) in [5, 5.41) is 3.27. The standard InChI is InChI=1S/C13H27N3O2S/c1-13(2,3)15-7-9-16(10-8-15)19(17,18)11-12-5-4-6-14-12/h12,14H,4-11H2,1-3H3. The average Bonchev–Trinajstić information content (AvgIpc) is 2.80. The smallest absolute Gasteiger partial charge is 0.215 e. The first-order valence-electron chi connectivity index (χ1n) is 7.25. The monoisotopic (exact) mass is 289 g/mol. The summed E-state index contributed by atoms with van der Waals surface area (Å²) in [6.45, 7) is 10.4. The average molecular weight is 289 g/mol. The minimum absolute atomic E-state index is 0.128. The van der Waals surface area contributed by atoms with E-state index < -0.39 is 10.0 Å². The van der Waals surface area contributed by atoms with Crippen molar-refractivity contribution in [2.45, 2.75) is 45.2 Å². The third-order valence-electron chi connectivity index (χ3n) is 4.15. The van der Waals surface area contributed by atoms with Gasteiger partial charge in [-0.15, -0.1) is 0 Å². The topological polar surface area (TPSA) is 52.7 Å². The molecule has 0 aromatic carbocycles. The molecule has 0 amide bonds. The van der Waals surface area contributed by atoms with Gasteiger partial charge in [0, 0.05) is 37.8 Å². The van der Waals surface area contributed by atoms with Crippen molar-refractivity contribution >= 4 is 10.0 Å². The predicted molar refractivity (Wildman–Crippen MR) is 77.7 cm³/mol. The van der Waals surface area contributed by atoms with Gasteiger partial charge >= 0.3 is 0 Å². The summed E-state index contributed by atoms with van der Waals surface area (Å²) in [5.41, 5.74) is 0.128. The summed E-state index contributed by atoms with van der Waals surface area (Å²) in [6.07, 6.45) is 2.08. The van der Waals surface area contributed by atoms with Gasteiger partial charge < -0.3 is 5.32 Å². The largest absolute Gasteiger partial charge is 0.313 e. The van der Waals surface area contributed by atoms with E-state index in [0.717, 1.165) is 32.5 Å². The van der Waals surface area contributed by atoms with Crippen LogP contribution in [0.4, 0.5) is 0 Å². The van der Waals surface area contributed by atoms with Crippen LogP contribution in [-0.2, 0) is 10.0 Å². The van der Waals surface area contributed by atoms with Crippen molar-refractivity contribution < 1.29 is 8.42 Å². The lowest BCUT2D eigenvalue weighted by atomic mass is 10.1. The molecule has 0 aliphatic carbocycles. The Morgan fingerprint density at radius 3 is 2.26 bits per heavy atom. The number of hydrogen-bond acceptors (Lipinski definition) is 4. The van der Waals surface area contributed by atoms with Gasteiger partial charge in [0.25, 0.3) is 0 Å². The third kappa shape index (κ3) is 3.90. The van der Waals surface area contributed by atoms with Crippen LogP contribution in [0.2, 0.25) is 0 Å². The molecular weight excluding hydrogens is 262 g/mol. The van der Waals surface area contributed by atoms with E-state index in [0.29, 0.717) is 13.1 Å². The molecule has 1 unspecified atom stereocenters. The first-order chi connectivity index (χ1) is 8.79. The Hall–Kier alpha value is -0.170. The molecule has 0 aromatic heterocycles. The summed E-state index contributed by atoms with van der Waals surface area (Å²) in [5.74, 6) is 0.266. The van der Waals surface area contributed by atoms with Gasteiger partial charge in [0.05, 0.1) is 5.75 Å². The van der Waals surface area contributed by atoms with Crippen molar-refractivity contribution in [2.75, 3.05) is 38.5 Å². The Kier molecular flexibility index (Phi) is 4.55. The maximum Gasteiger partial charge on any atom is 0.215 e. The molecule has 2 saturated heterocycles. The highest BCUT2D eigenvalue weighted by Gasteiger charge is 2.33. The molecule has 0 saturated carbocycles. The van der Waals surface area contributed by atoms with Crippen molar-refractivity contribution in [3.05, 3.63) is 0 Å². The van der Waals surface area contributed by atoms with Gasteiger partial charge in [-0.25, -0.2) is 8.42 Å². The number of nitrogens with zero attached hydrogens (tertiary/aromatic N) is 2. The SMILES string of the molecule is CC(C)(C)N1CCN(S(=O)(=O)CC2CCCN2)CC1. The fourth-order valence-corrected chi connectivity index (χ4v) is 4.62. The summed E-state index contributed by atoms with van der Waals surface area (Å²) in [6, 6.07) is 0.158. The van der Waals surface area contributed by atoms with Gasteiger partial charge in [0.2, 0.25) is 10.0 Å². The van der Waals surface area contributed by atoms with Gasteiger partial charge in [-0.3, -0.25) is 4.90 Å². The minimum Gasteiger partial charge on any atom is -0.313 e. The third-order valence-corrected chi connectivity index (χ3v) is 6.13. The van der Waals surface area contributed by atoms with E-state index in [2.05, 4.69) is 31.0 Å². The van der Waals surface area contributed by atoms with Crippen LogP contribution in [-0.4, -0.2) is 67.7 Å². The molecule has 0 spiro atoms. The first kappa shape index (κ1) is 15.2. The molecule has 2 rings (SSSR count). The van der Waals surface area contributed by atoms with Crippen LogP contribution < -0.4 is 5.32 Å². The van der Waals surface area contributed by atoms with E-state index in [1.54, 1.807) is 4.31 Å². The zero-order chi connectivity index (χ0) is 14.1. The highest BCUT2D eigenvalue weighted by molar-refractivity contribution is 7.89. The van der Waals surface area contributed by atoms with E-state index in [1.807, 2.05) is 0 Å². The molecule has 5 nitrogen and oxygen atoms in total. The number of hydrogen-bond donors (Lipinski definition) is 1. The molecule has 1 atom stereocenters. The predicted octanol–water partition coefficient (Wildman–Crippen LogP) is 0.484. The Bertz CT molecular complexity index is 389. The van der Waals surface area contributed by atoms with Crippen LogP contribution in [0.15, 0.2) is 0 Å². The van der Waals surface area contributed by atoms with Crippen molar-refractivity contribution in [3.8, 4) is 0 Å². The molecule has 2 fully saturated rings. The Labute approximate surface area is 117 Å². The van der Waals surface area contributed by atoms with Crippen molar-refractivity contribution in [1.29, 1.82) is 0 Å². The summed E-state index contributed by atoms with van der Waals surface area (Å²) in [4.78, 5) is 2.35. The Balaban J connectivity index is 1.89. The van der Waals surface area contributed by atoms with Crippen LogP contribution in [0.3, 0.4) is 0 Å². The molecule has 19 heavy (non-hydrogen) atoms. The maximum absolute atomic E-state index is 12.4. The van der Waals surface area contributed by atoms with Gasteiger partial charge in [0.15, 0.2) is 0 Å². The molecule has 0 aromatic rings. The molecule has 6 heteroatoms. The summed E-state index contributed by atoms with van der Waals surface area (Å²) in [7, 11) is -3.09. The maximum atomic E-state index is 12.4. The lowest BCUT2D eigenvalue weighted by Gasteiger charge is -2.41.